The Hall–Kier alpha value is -2.59. The molecule has 0 aliphatic carbocycles. The van der Waals surface area contributed by atoms with Crippen LogP contribution in [0.2, 0.25) is 0 Å². The van der Waals surface area contributed by atoms with E-state index in [9.17, 15) is 4.79 Å². The van der Waals surface area contributed by atoms with Gasteiger partial charge < -0.3 is 10.2 Å². The molecule has 2 heterocycles. The van der Waals surface area contributed by atoms with Crippen LogP contribution in [0.15, 0.2) is 66.7 Å². The Morgan fingerprint density at radius 1 is 1.00 bits per heavy atom. The molecule has 1 amide bonds. The summed E-state index contributed by atoms with van der Waals surface area (Å²) in [6, 6.07) is 23.0. The van der Waals surface area contributed by atoms with Gasteiger partial charge in [-0.2, -0.15) is 0 Å². The third-order valence-electron chi connectivity index (χ3n) is 4.96. The maximum absolute atomic E-state index is 12.5. The molecule has 0 radical (unpaired) electrons. The molecule has 1 aromatic heterocycles. The lowest BCUT2D eigenvalue weighted by molar-refractivity contribution is 0.0957. The summed E-state index contributed by atoms with van der Waals surface area (Å²) < 4.78 is 0. The highest BCUT2D eigenvalue weighted by Crippen LogP contribution is 2.37. The lowest BCUT2D eigenvalue weighted by atomic mass is 10.0. The molecule has 2 aromatic carbocycles. The number of thiophene rings is 1. The highest BCUT2D eigenvalue weighted by atomic mass is 32.1. The molecule has 0 fully saturated rings. The first kappa shape index (κ1) is 17.8. The van der Waals surface area contributed by atoms with Crippen molar-refractivity contribution < 1.29 is 4.79 Å². The fraction of sp³-hybridized carbons (Fsp3) is 0.261. The number of carbonyl (C=O) groups excluding carboxylic acids is 1. The molecule has 0 spiro atoms. The van der Waals surface area contributed by atoms with Crippen LogP contribution >= 0.6 is 11.3 Å². The minimum atomic E-state index is 0.0320. The van der Waals surface area contributed by atoms with Crippen LogP contribution in [0.5, 0.6) is 0 Å². The van der Waals surface area contributed by atoms with E-state index in [0.29, 0.717) is 6.54 Å². The first-order valence-electron chi connectivity index (χ1n) is 9.59. The van der Waals surface area contributed by atoms with Gasteiger partial charge in [0, 0.05) is 18.8 Å². The molecular weight excluding hydrogens is 352 g/mol. The van der Waals surface area contributed by atoms with E-state index < -0.39 is 0 Å². The van der Waals surface area contributed by atoms with Crippen LogP contribution in [0, 0.1) is 0 Å². The van der Waals surface area contributed by atoms with Crippen molar-refractivity contribution in [3.63, 3.8) is 0 Å². The van der Waals surface area contributed by atoms with Gasteiger partial charge in [-0.25, -0.2) is 0 Å². The number of aryl methyl sites for hydroxylation is 2. The average molecular weight is 377 g/mol. The molecule has 4 rings (SSSR count). The zero-order valence-electron chi connectivity index (χ0n) is 15.4. The number of amides is 1. The van der Waals surface area contributed by atoms with Crippen molar-refractivity contribution in [1.82, 2.24) is 5.32 Å². The summed E-state index contributed by atoms with van der Waals surface area (Å²) in [6.07, 6.45) is 4.22. The van der Waals surface area contributed by atoms with E-state index in [0.717, 1.165) is 42.1 Å². The maximum atomic E-state index is 12.5. The number of benzene rings is 2. The Morgan fingerprint density at radius 2 is 1.81 bits per heavy atom. The van der Waals surface area contributed by atoms with Gasteiger partial charge in [-0.05, 0) is 55.0 Å². The first-order chi connectivity index (χ1) is 13.3. The number of rotatable bonds is 6. The topological polar surface area (TPSA) is 32.3 Å². The SMILES string of the molecule is O=C(NCCCc1ccccc1)c1ccc(N2CCCc3ccccc32)s1. The fourth-order valence-electron chi connectivity index (χ4n) is 3.58. The van der Waals surface area contributed by atoms with Gasteiger partial charge in [-0.15, -0.1) is 11.3 Å². The van der Waals surface area contributed by atoms with Gasteiger partial charge in [0.25, 0.3) is 5.91 Å². The van der Waals surface area contributed by atoms with Crippen molar-refractivity contribution in [3.05, 3.63) is 82.7 Å². The molecule has 0 atom stereocenters. The van der Waals surface area contributed by atoms with Crippen molar-refractivity contribution in [2.24, 2.45) is 0 Å². The van der Waals surface area contributed by atoms with E-state index in [1.54, 1.807) is 11.3 Å². The Labute approximate surface area is 164 Å². The van der Waals surface area contributed by atoms with E-state index >= 15 is 0 Å². The predicted molar refractivity (Wildman–Crippen MR) is 113 cm³/mol. The number of nitrogens with one attached hydrogen (secondary N) is 1. The van der Waals surface area contributed by atoms with Crippen molar-refractivity contribution in [2.45, 2.75) is 25.7 Å². The van der Waals surface area contributed by atoms with Gasteiger partial charge in [-0.3, -0.25) is 4.79 Å². The molecule has 1 aliphatic rings. The van der Waals surface area contributed by atoms with Gasteiger partial charge >= 0.3 is 0 Å². The van der Waals surface area contributed by atoms with Crippen LogP contribution < -0.4 is 10.2 Å². The standard InChI is InChI=1S/C23H24N2OS/c26-23(24-16-6-10-18-8-2-1-3-9-18)21-14-15-22(27-21)25-17-7-12-19-11-4-5-13-20(19)25/h1-5,8-9,11,13-15H,6-7,10,12,16-17H2,(H,24,26). The van der Waals surface area contributed by atoms with Crippen molar-refractivity contribution in [3.8, 4) is 0 Å². The summed E-state index contributed by atoms with van der Waals surface area (Å²) in [5.41, 5.74) is 3.98. The van der Waals surface area contributed by atoms with E-state index in [1.165, 1.54) is 16.8 Å². The van der Waals surface area contributed by atoms with Gasteiger partial charge in [0.2, 0.25) is 0 Å². The van der Waals surface area contributed by atoms with E-state index in [1.807, 2.05) is 12.1 Å². The molecule has 27 heavy (non-hydrogen) atoms. The number of hydrogen-bond donors (Lipinski definition) is 1. The average Bonchev–Trinajstić information content (AvgIpc) is 3.21. The van der Waals surface area contributed by atoms with E-state index in [-0.39, 0.29) is 5.91 Å². The lowest BCUT2D eigenvalue weighted by Crippen LogP contribution is -2.24. The third-order valence-corrected chi connectivity index (χ3v) is 6.07. The predicted octanol–water partition coefficient (Wildman–Crippen LogP) is 5.20. The molecule has 0 saturated heterocycles. The number of nitrogens with zero attached hydrogens (tertiary/aromatic N) is 1. The van der Waals surface area contributed by atoms with Crippen LogP contribution in [0.25, 0.3) is 0 Å². The molecule has 4 heteroatoms. The van der Waals surface area contributed by atoms with Crippen molar-refractivity contribution in [1.29, 1.82) is 0 Å². The maximum Gasteiger partial charge on any atom is 0.261 e. The lowest BCUT2D eigenvalue weighted by Gasteiger charge is -2.30. The van der Waals surface area contributed by atoms with Crippen LogP contribution in [-0.2, 0) is 12.8 Å². The van der Waals surface area contributed by atoms with Crippen molar-refractivity contribution >= 4 is 27.9 Å². The monoisotopic (exact) mass is 376 g/mol. The fourth-order valence-corrected chi connectivity index (χ4v) is 4.55. The van der Waals surface area contributed by atoms with Crippen LogP contribution in [-0.4, -0.2) is 19.0 Å². The van der Waals surface area contributed by atoms with E-state index in [2.05, 4.69) is 64.8 Å². The molecule has 0 saturated carbocycles. The summed E-state index contributed by atoms with van der Waals surface area (Å²) in [5, 5.41) is 4.21. The smallest absolute Gasteiger partial charge is 0.261 e. The largest absolute Gasteiger partial charge is 0.351 e. The van der Waals surface area contributed by atoms with Gasteiger partial charge in [-0.1, -0.05) is 48.5 Å². The first-order valence-corrected chi connectivity index (χ1v) is 10.4. The Bertz CT molecular complexity index is 904. The normalized spacial score (nSPS) is 13.3. The van der Waals surface area contributed by atoms with Gasteiger partial charge in [0.1, 0.15) is 0 Å². The molecule has 0 bridgehead atoms. The Balaban J connectivity index is 1.35. The summed E-state index contributed by atoms with van der Waals surface area (Å²) >= 11 is 1.58. The number of hydrogen-bond acceptors (Lipinski definition) is 3. The summed E-state index contributed by atoms with van der Waals surface area (Å²) in [4.78, 5) is 15.6. The van der Waals surface area contributed by atoms with Crippen LogP contribution in [0.1, 0.15) is 33.6 Å². The molecule has 3 aromatic rings. The van der Waals surface area contributed by atoms with E-state index in [4.69, 9.17) is 0 Å². The Kier molecular flexibility index (Phi) is 5.54. The molecule has 3 nitrogen and oxygen atoms in total. The zero-order valence-corrected chi connectivity index (χ0v) is 16.2. The number of anilines is 2. The summed E-state index contributed by atoms with van der Waals surface area (Å²) in [5.74, 6) is 0.0320. The van der Waals surface area contributed by atoms with Gasteiger partial charge in [0.15, 0.2) is 0 Å². The van der Waals surface area contributed by atoms with Crippen LogP contribution in [0.4, 0.5) is 10.7 Å². The number of fused-ring (bicyclic) bond motifs is 1. The summed E-state index contributed by atoms with van der Waals surface area (Å²) in [6.45, 7) is 1.71. The Morgan fingerprint density at radius 3 is 2.70 bits per heavy atom. The van der Waals surface area contributed by atoms with Crippen LogP contribution in [0.3, 0.4) is 0 Å². The highest BCUT2D eigenvalue weighted by Gasteiger charge is 2.20. The number of carbonyl (C=O) groups is 1. The van der Waals surface area contributed by atoms with Gasteiger partial charge in [0.05, 0.1) is 9.88 Å². The molecular formula is C23H24N2OS. The second-order valence-corrected chi connectivity index (χ2v) is 7.93. The summed E-state index contributed by atoms with van der Waals surface area (Å²) in [7, 11) is 0. The molecule has 1 N–H and O–H groups in total. The zero-order chi connectivity index (χ0) is 18.5. The molecule has 1 aliphatic heterocycles. The quantitative estimate of drug-likeness (QED) is 0.600. The molecule has 0 unspecified atom stereocenters. The molecule has 138 valence electrons. The third kappa shape index (κ3) is 4.22. The second kappa shape index (κ2) is 8.40. The minimum Gasteiger partial charge on any atom is -0.351 e. The number of para-hydroxylation sites is 1. The minimum absolute atomic E-state index is 0.0320. The second-order valence-electron chi connectivity index (χ2n) is 6.87. The highest BCUT2D eigenvalue weighted by molar-refractivity contribution is 7.18. The van der Waals surface area contributed by atoms with Crippen molar-refractivity contribution in [2.75, 3.05) is 18.0 Å².